The van der Waals surface area contributed by atoms with Crippen LogP contribution in [0.1, 0.15) is 0 Å². The summed E-state index contributed by atoms with van der Waals surface area (Å²) in [6.07, 6.45) is 0. The fourth-order valence-electron chi connectivity index (χ4n) is 0. The van der Waals surface area contributed by atoms with Gasteiger partial charge in [-0.25, -0.2) is 0 Å². The Bertz CT molecular complexity index is 11.6. The van der Waals surface area contributed by atoms with E-state index >= 15 is 0 Å². The van der Waals surface area contributed by atoms with Crippen LogP contribution in [0.5, 0.6) is 0 Å². The van der Waals surface area contributed by atoms with Gasteiger partial charge in [0, 0.05) is 0 Å². The van der Waals surface area contributed by atoms with Crippen molar-refractivity contribution in [1.29, 1.82) is 0 Å². The van der Waals surface area contributed by atoms with Gasteiger partial charge in [0.25, 0.3) is 0 Å². The molecule has 10 heavy (non-hydrogen) atoms. The average molecular weight is 221 g/mol. The van der Waals surface area contributed by atoms with Gasteiger partial charge >= 0.3 is 23.1 Å². The summed E-state index contributed by atoms with van der Waals surface area (Å²) in [4.78, 5) is 0. The second-order valence-corrected chi connectivity index (χ2v) is 0. The maximum atomic E-state index is 0. The van der Waals surface area contributed by atoms with Crippen LogP contribution in [0.2, 0.25) is 0 Å². The number of hydrogen-bond acceptors (Lipinski definition) is 0. The van der Waals surface area contributed by atoms with Crippen molar-refractivity contribution in [2.45, 2.75) is 0 Å². The zero-order valence-corrected chi connectivity index (χ0v) is 7.89. The molecule has 72 valence electrons. The fraction of sp³-hybridized carbons (Fsp3) is 0. The molecule has 0 aliphatic heterocycles. The zero-order chi connectivity index (χ0) is 0. The number of hydrogen-bond donors (Lipinski definition) is 0. The predicted molar refractivity (Wildman–Crippen MR) is 31.1 cm³/mol. The molecular weight excluding hydrogens is 207 g/mol. The van der Waals surface area contributed by atoms with Crippen LogP contribution >= 0.6 is 0 Å². The topological polar surface area (TPSA) is 220 Å². The first kappa shape index (κ1) is 986. The smallest absolute Gasteiger partial charge is 1.00 e. The predicted octanol–water partition coefficient (Wildman–Crippen LogP) is -12.1. The van der Waals surface area contributed by atoms with E-state index in [1.54, 1.807) is 0 Å². The van der Waals surface area contributed by atoms with Crippen LogP contribution in [0.3, 0.4) is 0 Å². The minimum Gasteiger partial charge on any atom is -1.00 e. The van der Waals surface area contributed by atoms with Crippen molar-refractivity contribution in [3.05, 3.63) is 0 Å². The van der Waals surface area contributed by atoms with Crippen LogP contribution in [0.25, 0.3) is 0 Å². The summed E-state index contributed by atoms with van der Waals surface area (Å²) < 4.78 is 0. The third-order valence-corrected chi connectivity index (χ3v) is 0. The van der Waals surface area contributed by atoms with E-state index in [2.05, 4.69) is 0 Å². The molecule has 0 rings (SSSR count). The Morgan fingerprint density at radius 3 is 0.300 bits per heavy atom. The average Bonchev–Trinajstić information content (AvgIpc) is 0. The molecule has 14 N–H and O–H groups in total. The molecule has 0 aromatic rings. The van der Waals surface area contributed by atoms with Crippen LogP contribution in [0.4, 0.5) is 0 Å². The molecule has 0 bridgehead atoms. The molecule has 0 aromatic heterocycles. The van der Waals surface area contributed by atoms with Crippen molar-refractivity contribution < 1.29 is 63.1 Å². The number of halogens is 2. The van der Waals surface area contributed by atoms with E-state index in [-0.39, 0.29) is 86.2 Å². The van der Waals surface area contributed by atoms with Gasteiger partial charge in [-0.2, -0.15) is 0 Å². The summed E-state index contributed by atoms with van der Waals surface area (Å²) in [5.41, 5.74) is 0. The Morgan fingerprint density at radius 2 is 0.300 bits per heavy atom. The summed E-state index contributed by atoms with van der Waals surface area (Å²) in [6.45, 7) is 0. The molecule has 0 unspecified atom stereocenters. The summed E-state index contributed by atoms with van der Waals surface area (Å²) in [7, 11) is 0. The van der Waals surface area contributed by atoms with Gasteiger partial charge in [-0.1, -0.05) is 0 Å². The van der Waals surface area contributed by atoms with Gasteiger partial charge in [-0.05, 0) is 0 Å². The Hall–Kier alpha value is 1.07. The van der Waals surface area contributed by atoms with Crippen LogP contribution in [-0.4, -0.2) is 61.4 Å². The molecule has 0 saturated heterocycles. The van der Waals surface area contributed by atoms with E-state index in [1.807, 2.05) is 0 Å². The van der Waals surface area contributed by atoms with Gasteiger partial charge in [0.2, 0.25) is 0 Å². The Labute approximate surface area is 86.3 Å². The second-order valence-electron chi connectivity index (χ2n) is 0. The van der Waals surface area contributed by atoms with Gasteiger partial charge in [-0.15, -0.1) is 0 Å². The molecule has 0 aromatic carbocycles. The van der Waals surface area contributed by atoms with Crippen LogP contribution in [0, 0.1) is 0 Å². The molecule has 0 fully saturated rings. The van der Waals surface area contributed by atoms with Gasteiger partial charge < -0.3 is 63.1 Å². The Morgan fingerprint density at radius 1 is 0.300 bits per heavy atom. The van der Waals surface area contributed by atoms with E-state index in [4.69, 9.17) is 0 Å². The molecule has 0 aliphatic carbocycles. The van der Waals surface area contributed by atoms with Gasteiger partial charge in [0.1, 0.15) is 0 Å². The van der Waals surface area contributed by atoms with Crippen molar-refractivity contribution in [3.63, 3.8) is 0 Å². The quantitative estimate of drug-likeness (QED) is 0.347. The molecule has 0 amide bonds. The summed E-state index contributed by atoms with van der Waals surface area (Å²) >= 11 is 0. The van der Waals surface area contributed by atoms with Crippen molar-refractivity contribution in [3.8, 4) is 0 Å². The fourth-order valence-corrected chi connectivity index (χ4v) is 0. The van der Waals surface area contributed by atoms with E-state index in [1.165, 1.54) is 0 Å². The Kier molecular flexibility index (Phi) is 71800. The standard InChI is InChI=1S/2ClH.Mg.7H2O/h2*1H;;7*1H2/q;;+2;;;;;;;/p-2. The molecular formula is H14Cl2MgO7. The normalized spacial score (nSPS) is 0. The SMILES string of the molecule is O.O.O.O.O.O.O.[Cl-].[Cl-].[Mg+2]. The first-order valence-corrected chi connectivity index (χ1v) is 0. The van der Waals surface area contributed by atoms with E-state index in [9.17, 15) is 0 Å². The van der Waals surface area contributed by atoms with Crippen LogP contribution in [-0.2, 0) is 0 Å². The molecule has 0 aliphatic rings. The third kappa shape index (κ3) is 519. The number of rotatable bonds is 0. The molecule has 0 spiro atoms. The minimum absolute atomic E-state index is 0. The first-order chi connectivity index (χ1) is 0. The molecule has 0 atom stereocenters. The molecule has 0 radical (unpaired) electrons. The van der Waals surface area contributed by atoms with Crippen LogP contribution < -0.4 is 24.8 Å². The maximum absolute atomic E-state index is 0. The second kappa shape index (κ2) is 728. The molecule has 0 saturated carbocycles. The monoisotopic (exact) mass is 220 g/mol. The molecule has 7 nitrogen and oxygen atoms in total. The van der Waals surface area contributed by atoms with E-state index < -0.39 is 0 Å². The third-order valence-electron chi connectivity index (χ3n) is 0. The van der Waals surface area contributed by atoms with Gasteiger partial charge in [0.05, 0.1) is 0 Å². The maximum Gasteiger partial charge on any atom is 2.00 e. The molecule has 10 heteroatoms. The van der Waals surface area contributed by atoms with Crippen LogP contribution in [0.15, 0.2) is 0 Å². The van der Waals surface area contributed by atoms with Gasteiger partial charge in [-0.3, -0.25) is 0 Å². The van der Waals surface area contributed by atoms with Crippen molar-refractivity contribution >= 4 is 23.1 Å². The van der Waals surface area contributed by atoms with Crippen molar-refractivity contribution in [2.75, 3.05) is 0 Å². The van der Waals surface area contributed by atoms with Gasteiger partial charge in [0.15, 0.2) is 0 Å². The zero-order valence-electron chi connectivity index (χ0n) is 4.96. The first-order valence-electron chi connectivity index (χ1n) is 0. The summed E-state index contributed by atoms with van der Waals surface area (Å²) in [6, 6.07) is 0. The Balaban J connectivity index is 0. The van der Waals surface area contributed by atoms with Crippen molar-refractivity contribution in [2.24, 2.45) is 0 Å². The summed E-state index contributed by atoms with van der Waals surface area (Å²) in [5, 5.41) is 0. The largest absolute Gasteiger partial charge is 2.00 e. The van der Waals surface area contributed by atoms with Crippen molar-refractivity contribution in [1.82, 2.24) is 0 Å². The minimum atomic E-state index is 0. The van der Waals surface area contributed by atoms with E-state index in [0.29, 0.717) is 0 Å². The summed E-state index contributed by atoms with van der Waals surface area (Å²) in [5.74, 6) is 0. The van der Waals surface area contributed by atoms with E-state index in [0.717, 1.165) is 0 Å². The molecule has 0 heterocycles.